The van der Waals surface area contributed by atoms with Crippen LogP contribution < -0.4 is 11.1 Å². The maximum atomic E-state index is 14.9. The summed E-state index contributed by atoms with van der Waals surface area (Å²) in [6.07, 6.45) is 3.31. The second-order valence-corrected chi connectivity index (χ2v) is 14.5. The summed E-state index contributed by atoms with van der Waals surface area (Å²) in [5.74, 6) is -5.27. The van der Waals surface area contributed by atoms with E-state index in [0.29, 0.717) is 31.3 Å². The zero-order chi connectivity index (χ0) is 34.7. The number of fused-ring (bicyclic) bond motifs is 2. The van der Waals surface area contributed by atoms with E-state index in [4.69, 9.17) is 10.5 Å². The molecule has 0 unspecified atom stereocenters. The second kappa shape index (κ2) is 12.6. The molecule has 1 heterocycles. The number of allylic oxidation sites excluding steroid dienone is 3. The van der Waals surface area contributed by atoms with Crippen LogP contribution in [-0.4, -0.2) is 76.3 Å². The first-order chi connectivity index (χ1) is 22.8. The van der Waals surface area contributed by atoms with Crippen LogP contribution in [0.1, 0.15) is 45.1 Å². The summed E-state index contributed by atoms with van der Waals surface area (Å²) in [5, 5.41) is 36.8. The molecular formula is C38H46N2O8. The average molecular weight is 659 g/mol. The summed E-state index contributed by atoms with van der Waals surface area (Å²) in [4.78, 5) is 56.5. The Kier molecular flexibility index (Phi) is 9.00. The summed E-state index contributed by atoms with van der Waals surface area (Å²) in [7, 11) is 1.36. The van der Waals surface area contributed by atoms with E-state index in [0.717, 1.165) is 5.56 Å². The van der Waals surface area contributed by atoms with E-state index in [1.54, 1.807) is 6.08 Å². The molecule has 1 aromatic rings. The molecule has 3 fully saturated rings. The molecule has 4 aliphatic carbocycles. The highest BCUT2D eigenvalue weighted by atomic mass is 16.5. The number of nitrogens with one attached hydrogen (secondary N) is 1. The van der Waals surface area contributed by atoms with Crippen LogP contribution in [0.3, 0.4) is 0 Å². The van der Waals surface area contributed by atoms with Crippen molar-refractivity contribution in [2.45, 2.75) is 76.4 Å². The fourth-order valence-corrected chi connectivity index (χ4v) is 9.67. The van der Waals surface area contributed by atoms with Gasteiger partial charge in [0.05, 0.1) is 24.4 Å². The number of aliphatic hydroxyl groups excluding tert-OH is 3. The molecule has 5 aliphatic rings. The number of aliphatic hydroxyl groups is 3. The van der Waals surface area contributed by atoms with Gasteiger partial charge >= 0.3 is 0 Å². The van der Waals surface area contributed by atoms with Gasteiger partial charge in [-0.3, -0.25) is 19.2 Å². The molecule has 0 aromatic heterocycles. The Labute approximate surface area is 280 Å². The third kappa shape index (κ3) is 4.75. The first-order valence-electron chi connectivity index (χ1n) is 16.9. The molecule has 1 aromatic carbocycles. The van der Waals surface area contributed by atoms with Crippen molar-refractivity contribution in [3.05, 3.63) is 83.5 Å². The Morgan fingerprint density at radius 2 is 1.79 bits per heavy atom. The Hall–Kier alpha value is -3.70. The number of rotatable bonds is 4. The number of benzene rings is 1. The third-order valence-corrected chi connectivity index (χ3v) is 12.1. The number of primary amides is 1. The van der Waals surface area contributed by atoms with Gasteiger partial charge in [-0.15, -0.1) is 0 Å². The lowest BCUT2D eigenvalue weighted by molar-refractivity contribution is -0.213. The third-order valence-electron chi connectivity index (χ3n) is 12.1. The Morgan fingerprint density at radius 3 is 2.46 bits per heavy atom. The first-order valence-corrected chi connectivity index (χ1v) is 16.9. The van der Waals surface area contributed by atoms with Crippen molar-refractivity contribution in [1.29, 1.82) is 0 Å². The van der Waals surface area contributed by atoms with E-state index in [2.05, 4.69) is 11.9 Å². The van der Waals surface area contributed by atoms with E-state index in [-0.39, 0.29) is 29.3 Å². The highest BCUT2D eigenvalue weighted by molar-refractivity contribution is 6.14. The minimum Gasteiger partial charge on any atom is -0.390 e. The summed E-state index contributed by atoms with van der Waals surface area (Å²) in [6, 6.07) is 9.19. The molecule has 6 rings (SSSR count). The van der Waals surface area contributed by atoms with Crippen LogP contribution >= 0.6 is 0 Å². The predicted octanol–water partition coefficient (Wildman–Crippen LogP) is 2.12. The molecule has 256 valence electrons. The molecule has 2 amide bonds. The van der Waals surface area contributed by atoms with Crippen molar-refractivity contribution in [2.75, 3.05) is 7.11 Å². The lowest BCUT2D eigenvalue weighted by atomic mass is 9.51. The van der Waals surface area contributed by atoms with Crippen molar-refractivity contribution >= 4 is 23.4 Å². The topological polar surface area (TPSA) is 176 Å². The lowest BCUT2D eigenvalue weighted by Gasteiger charge is -2.53. The number of carbonyl (C=O) groups is 4. The molecule has 6 N–H and O–H groups in total. The number of hydrogen-bond acceptors (Lipinski definition) is 8. The second-order valence-electron chi connectivity index (χ2n) is 14.5. The van der Waals surface area contributed by atoms with Crippen LogP contribution in [-0.2, 0) is 30.3 Å². The van der Waals surface area contributed by atoms with Crippen LogP contribution in [0.15, 0.2) is 77.9 Å². The van der Waals surface area contributed by atoms with Gasteiger partial charge in [0.2, 0.25) is 11.8 Å². The molecule has 10 nitrogen and oxygen atoms in total. The average Bonchev–Trinajstić information content (AvgIpc) is 3.51. The van der Waals surface area contributed by atoms with Crippen molar-refractivity contribution in [3.8, 4) is 0 Å². The number of nitrogens with two attached hydrogens (primary N) is 1. The van der Waals surface area contributed by atoms with Gasteiger partial charge in [-0.25, -0.2) is 0 Å². The maximum absolute atomic E-state index is 14.9. The summed E-state index contributed by atoms with van der Waals surface area (Å²) < 4.78 is 5.70. The van der Waals surface area contributed by atoms with Crippen molar-refractivity contribution < 1.29 is 39.2 Å². The zero-order valence-corrected chi connectivity index (χ0v) is 27.7. The van der Waals surface area contributed by atoms with Gasteiger partial charge in [0, 0.05) is 42.9 Å². The quantitative estimate of drug-likeness (QED) is 0.241. The molecule has 2 saturated carbocycles. The summed E-state index contributed by atoms with van der Waals surface area (Å²) in [5.41, 5.74) is 3.95. The van der Waals surface area contributed by atoms with Crippen LogP contribution in [0.4, 0.5) is 0 Å². The first kappa shape index (κ1) is 34.2. The van der Waals surface area contributed by atoms with Crippen LogP contribution in [0.5, 0.6) is 0 Å². The van der Waals surface area contributed by atoms with Gasteiger partial charge < -0.3 is 31.1 Å². The molecular weight excluding hydrogens is 612 g/mol. The van der Waals surface area contributed by atoms with Crippen molar-refractivity contribution in [2.24, 2.45) is 46.2 Å². The molecule has 1 spiro atoms. The maximum Gasteiger partial charge on any atom is 0.235 e. The zero-order valence-electron chi connectivity index (χ0n) is 27.7. The minimum atomic E-state index is -1.87. The van der Waals surface area contributed by atoms with E-state index >= 15 is 0 Å². The van der Waals surface area contributed by atoms with Crippen LogP contribution in [0, 0.1) is 40.4 Å². The fourth-order valence-electron chi connectivity index (χ4n) is 9.67. The minimum absolute atomic E-state index is 0.0269. The molecule has 1 aliphatic heterocycles. The highest BCUT2D eigenvalue weighted by Crippen LogP contribution is 2.62. The van der Waals surface area contributed by atoms with E-state index in [1.165, 1.54) is 19.3 Å². The molecule has 12 atom stereocenters. The van der Waals surface area contributed by atoms with E-state index in [9.17, 15) is 34.5 Å². The Bertz CT molecular complexity index is 1610. The number of Topliss-reactive ketones (excluding diaryl/α,β-unsaturated/α-hetero) is 1. The van der Waals surface area contributed by atoms with Gasteiger partial charge in [-0.2, -0.15) is 0 Å². The number of ketones is 2. The Morgan fingerprint density at radius 1 is 1.08 bits per heavy atom. The molecule has 0 radical (unpaired) electrons. The van der Waals surface area contributed by atoms with Crippen molar-refractivity contribution in [1.82, 2.24) is 5.32 Å². The Balaban J connectivity index is 1.55. The highest BCUT2D eigenvalue weighted by Gasteiger charge is 2.74. The molecule has 1 saturated heterocycles. The number of carbonyl (C=O) groups excluding carboxylic acids is 4. The number of amides is 2. The normalized spacial score (nSPS) is 42.7. The predicted molar refractivity (Wildman–Crippen MR) is 177 cm³/mol. The van der Waals surface area contributed by atoms with Gasteiger partial charge in [-0.05, 0) is 60.3 Å². The van der Waals surface area contributed by atoms with Gasteiger partial charge in [-0.1, -0.05) is 69.0 Å². The molecule has 48 heavy (non-hydrogen) atoms. The van der Waals surface area contributed by atoms with Gasteiger partial charge in [0.1, 0.15) is 10.8 Å². The molecule has 0 bridgehead atoms. The van der Waals surface area contributed by atoms with Crippen LogP contribution in [0.2, 0.25) is 0 Å². The number of hydrogen-bond donors (Lipinski definition) is 5. The summed E-state index contributed by atoms with van der Waals surface area (Å²) in [6.45, 7) is 8.15. The van der Waals surface area contributed by atoms with E-state index < -0.39 is 82.6 Å². The fraction of sp³-hybridized carbons (Fsp3) is 0.526. The SMILES string of the molecule is C=C1[C@@H](C)[C@H]2[C@H](Cc3ccccc3)NC(=O)[C@]23C(=O)/C=C\C2=C(C(=O)CCC[C@@H](C)C/C=C/[C@H]3[C@@H]1O)[C@H](OC)[C@H]1[C@H](O)[C@H](O)[C@@]21C(N)=O. The van der Waals surface area contributed by atoms with Gasteiger partial charge in [0.15, 0.2) is 11.6 Å². The number of ether oxygens (including phenoxy) is 1. The van der Waals surface area contributed by atoms with E-state index in [1.807, 2.05) is 50.3 Å². The summed E-state index contributed by atoms with van der Waals surface area (Å²) >= 11 is 0. The van der Waals surface area contributed by atoms with Gasteiger partial charge in [0.25, 0.3) is 0 Å². The lowest BCUT2D eigenvalue weighted by Crippen LogP contribution is -2.70. The monoisotopic (exact) mass is 658 g/mol. The van der Waals surface area contributed by atoms with Crippen LogP contribution in [0.25, 0.3) is 0 Å². The standard InChI is InChI=1S/C38H46N2O8/c1-19-10-8-14-24-31(43)21(3)20(2)29-25(18-22-12-6-5-7-13-22)40-36(47)37(24,29)27(42)17-16-23-28(26(41)15-9-11-19)33(48-4)30-32(44)34(45)38(23,30)35(39)46/h5-8,12-14,16-17,19-20,24-25,29-34,43-45H,3,9-11,15,18H2,1-2,4H3,(H2,39,46)(H,40,47)/b14-8+,17-16-/t19-,20+,24-,25-,29-,30+,31+,32-,33-,34-,37+,38+/m0/s1. The molecule has 10 heteroatoms. The van der Waals surface area contributed by atoms with Crippen molar-refractivity contribution in [3.63, 3.8) is 0 Å². The smallest absolute Gasteiger partial charge is 0.235 e. The number of methoxy groups -OCH3 is 1. The largest absolute Gasteiger partial charge is 0.390 e.